The van der Waals surface area contributed by atoms with E-state index in [1.807, 2.05) is 55.8 Å². The number of rotatable bonds is 5. The fourth-order valence-electron chi connectivity index (χ4n) is 2.72. The van der Waals surface area contributed by atoms with E-state index in [-0.39, 0.29) is 11.9 Å². The van der Waals surface area contributed by atoms with Crippen molar-refractivity contribution in [2.75, 3.05) is 0 Å². The number of carbonyl (C=O) groups excluding carboxylic acids is 1. The summed E-state index contributed by atoms with van der Waals surface area (Å²) in [7, 11) is 0. The lowest BCUT2D eigenvalue weighted by Gasteiger charge is -2.16. The summed E-state index contributed by atoms with van der Waals surface area (Å²) in [5, 5.41) is 7.49. The van der Waals surface area contributed by atoms with Crippen LogP contribution in [0.25, 0.3) is 5.69 Å². The molecule has 0 aliphatic heterocycles. The monoisotopic (exact) mass is 299 g/mol. The molecule has 1 unspecified atom stereocenters. The van der Waals surface area contributed by atoms with Crippen LogP contribution in [0.5, 0.6) is 0 Å². The zero-order valence-electron chi connectivity index (χ0n) is 14.1. The number of nitrogens with one attached hydrogen (secondary N) is 1. The van der Waals surface area contributed by atoms with Crippen molar-refractivity contribution in [1.82, 2.24) is 15.1 Å². The Labute approximate surface area is 132 Å². The molecule has 0 aliphatic carbocycles. The van der Waals surface area contributed by atoms with Crippen LogP contribution < -0.4 is 5.32 Å². The average Bonchev–Trinajstić information content (AvgIpc) is 2.77. The summed E-state index contributed by atoms with van der Waals surface area (Å²) in [6, 6.07) is 9.78. The standard InChI is InChI=1S/C18H25N3O/c1-12(2)10-13(3)19-18(22)16-6-8-17(9-7-16)21-15(5)11-14(4)20-21/h6-9,11-13H,10H2,1-5H3,(H,19,22). The molecule has 1 atom stereocenters. The Morgan fingerprint density at radius 2 is 1.82 bits per heavy atom. The maximum absolute atomic E-state index is 12.2. The number of hydrogen-bond donors (Lipinski definition) is 1. The van der Waals surface area contributed by atoms with Crippen LogP contribution in [0.1, 0.15) is 48.9 Å². The minimum Gasteiger partial charge on any atom is -0.350 e. The topological polar surface area (TPSA) is 46.9 Å². The van der Waals surface area contributed by atoms with Gasteiger partial charge in [-0.05, 0) is 63.4 Å². The summed E-state index contributed by atoms with van der Waals surface area (Å²) in [6.07, 6.45) is 0.982. The number of benzene rings is 1. The van der Waals surface area contributed by atoms with Gasteiger partial charge in [-0.25, -0.2) is 4.68 Å². The predicted octanol–water partition coefficient (Wildman–Crippen LogP) is 3.65. The summed E-state index contributed by atoms with van der Waals surface area (Å²) in [6.45, 7) is 10.4. The molecule has 0 saturated heterocycles. The molecule has 1 heterocycles. The number of amides is 1. The Bertz CT molecular complexity index is 641. The second-order valence-corrected chi connectivity index (χ2v) is 6.39. The van der Waals surface area contributed by atoms with E-state index >= 15 is 0 Å². The highest BCUT2D eigenvalue weighted by molar-refractivity contribution is 5.94. The third-order valence-corrected chi connectivity index (χ3v) is 3.59. The number of aryl methyl sites for hydroxylation is 2. The second-order valence-electron chi connectivity index (χ2n) is 6.39. The molecule has 2 rings (SSSR count). The van der Waals surface area contributed by atoms with Gasteiger partial charge in [-0.3, -0.25) is 4.79 Å². The van der Waals surface area contributed by atoms with Crippen molar-refractivity contribution in [3.63, 3.8) is 0 Å². The zero-order valence-corrected chi connectivity index (χ0v) is 14.1. The van der Waals surface area contributed by atoms with Crippen LogP contribution in [0.3, 0.4) is 0 Å². The molecule has 0 saturated carbocycles. The normalized spacial score (nSPS) is 12.5. The lowest BCUT2D eigenvalue weighted by atomic mass is 10.0. The van der Waals surface area contributed by atoms with E-state index in [2.05, 4.69) is 24.3 Å². The summed E-state index contributed by atoms with van der Waals surface area (Å²) in [4.78, 5) is 12.2. The van der Waals surface area contributed by atoms with Crippen LogP contribution in [0.2, 0.25) is 0 Å². The van der Waals surface area contributed by atoms with Gasteiger partial charge in [0.25, 0.3) is 5.91 Å². The maximum Gasteiger partial charge on any atom is 0.251 e. The molecule has 118 valence electrons. The fourth-order valence-corrected chi connectivity index (χ4v) is 2.72. The van der Waals surface area contributed by atoms with Gasteiger partial charge >= 0.3 is 0 Å². The minimum absolute atomic E-state index is 0.0203. The van der Waals surface area contributed by atoms with E-state index in [9.17, 15) is 4.79 Å². The van der Waals surface area contributed by atoms with Gasteiger partial charge in [0.15, 0.2) is 0 Å². The first-order valence-electron chi connectivity index (χ1n) is 7.81. The molecule has 1 N–H and O–H groups in total. The summed E-state index contributed by atoms with van der Waals surface area (Å²) in [5.41, 5.74) is 3.72. The Balaban J connectivity index is 2.08. The molecule has 1 amide bonds. The lowest BCUT2D eigenvalue weighted by molar-refractivity contribution is 0.0936. The lowest BCUT2D eigenvalue weighted by Crippen LogP contribution is -2.33. The summed E-state index contributed by atoms with van der Waals surface area (Å²) in [5.74, 6) is 0.553. The molecular formula is C18H25N3O. The Kier molecular flexibility index (Phi) is 5.01. The van der Waals surface area contributed by atoms with Crippen molar-refractivity contribution < 1.29 is 4.79 Å². The molecule has 0 aliphatic rings. The van der Waals surface area contributed by atoms with E-state index in [0.717, 1.165) is 23.5 Å². The third-order valence-electron chi connectivity index (χ3n) is 3.59. The van der Waals surface area contributed by atoms with Crippen LogP contribution >= 0.6 is 0 Å². The minimum atomic E-state index is -0.0203. The Morgan fingerprint density at radius 3 is 2.32 bits per heavy atom. The largest absolute Gasteiger partial charge is 0.350 e. The predicted molar refractivity (Wildman–Crippen MR) is 89.4 cm³/mol. The van der Waals surface area contributed by atoms with Crippen molar-refractivity contribution >= 4 is 5.91 Å². The molecule has 0 bridgehead atoms. The highest BCUT2D eigenvalue weighted by Crippen LogP contribution is 2.13. The maximum atomic E-state index is 12.2. The van der Waals surface area contributed by atoms with Crippen molar-refractivity contribution in [3.8, 4) is 5.69 Å². The van der Waals surface area contributed by atoms with Gasteiger partial charge in [0.2, 0.25) is 0 Å². The number of nitrogens with zero attached hydrogens (tertiary/aromatic N) is 2. The van der Waals surface area contributed by atoms with E-state index < -0.39 is 0 Å². The number of aromatic nitrogens is 2. The van der Waals surface area contributed by atoms with Crippen molar-refractivity contribution in [3.05, 3.63) is 47.3 Å². The number of carbonyl (C=O) groups is 1. The van der Waals surface area contributed by atoms with Gasteiger partial charge in [0.05, 0.1) is 11.4 Å². The molecule has 2 aromatic rings. The first-order chi connectivity index (χ1) is 10.4. The van der Waals surface area contributed by atoms with Crippen LogP contribution in [0.15, 0.2) is 30.3 Å². The van der Waals surface area contributed by atoms with E-state index in [1.165, 1.54) is 0 Å². The van der Waals surface area contributed by atoms with E-state index in [0.29, 0.717) is 11.5 Å². The highest BCUT2D eigenvalue weighted by atomic mass is 16.1. The molecule has 1 aromatic carbocycles. The van der Waals surface area contributed by atoms with Gasteiger partial charge in [-0.1, -0.05) is 13.8 Å². The highest BCUT2D eigenvalue weighted by Gasteiger charge is 2.11. The first-order valence-corrected chi connectivity index (χ1v) is 7.81. The molecule has 22 heavy (non-hydrogen) atoms. The number of hydrogen-bond acceptors (Lipinski definition) is 2. The Hall–Kier alpha value is -2.10. The summed E-state index contributed by atoms with van der Waals surface area (Å²) < 4.78 is 1.89. The SMILES string of the molecule is Cc1cc(C)n(-c2ccc(C(=O)NC(C)CC(C)C)cc2)n1. The second kappa shape index (κ2) is 6.77. The Morgan fingerprint density at radius 1 is 1.18 bits per heavy atom. The van der Waals surface area contributed by atoms with Crippen molar-refractivity contribution in [2.24, 2.45) is 5.92 Å². The third kappa shape index (κ3) is 3.97. The van der Waals surface area contributed by atoms with Gasteiger partial charge in [0.1, 0.15) is 0 Å². The van der Waals surface area contributed by atoms with Crippen LogP contribution in [0.4, 0.5) is 0 Å². The smallest absolute Gasteiger partial charge is 0.251 e. The molecule has 1 aromatic heterocycles. The fraction of sp³-hybridized carbons (Fsp3) is 0.444. The van der Waals surface area contributed by atoms with Crippen LogP contribution in [-0.2, 0) is 0 Å². The van der Waals surface area contributed by atoms with Crippen molar-refractivity contribution in [1.29, 1.82) is 0 Å². The molecule has 4 nitrogen and oxygen atoms in total. The molecular weight excluding hydrogens is 274 g/mol. The van der Waals surface area contributed by atoms with E-state index in [1.54, 1.807) is 0 Å². The van der Waals surface area contributed by atoms with Crippen molar-refractivity contribution in [2.45, 2.75) is 47.1 Å². The first kappa shape index (κ1) is 16.3. The van der Waals surface area contributed by atoms with Crippen LogP contribution in [0, 0.1) is 19.8 Å². The molecule has 0 fully saturated rings. The quantitative estimate of drug-likeness (QED) is 0.916. The molecule has 0 spiro atoms. The van der Waals surface area contributed by atoms with Gasteiger partial charge in [-0.15, -0.1) is 0 Å². The molecule has 4 heteroatoms. The van der Waals surface area contributed by atoms with E-state index in [4.69, 9.17) is 0 Å². The zero-order chi connectivity index (χ0) is 16.3. The molecule has 0 radical (unpaired) electrons. The summed E-state index contributed by atoms with van der Waals surface area (Å²) >= 11 is 0. The van der Waals surface area contributed by atoms with Gasteiger partial charge < -0.3 is 5.32 Å². The van der Waals surface area contributed by atoms with Crippen LogP contribution in [-0.4, -0.2) is 21.7 Å². The van der Waals surface area contributed by atoms with Gasteiger partial charge in [-0.2, -0.15) is 5.10 Å². The van der Waals surface area contributed by atoms with Gasteiger partial charge in [0, 0.05) is 17.3 Å². The average molecular weight is 299 g/mol.